The van der Waals surface area contributed by atoms with Gasteiger partial charge in [-0.25, -0.2) is 0 Å². The van der Waals surface area contributed by atoms with Gasteiger partial charge < -0.3 is 19.9 Å². The third-order valence-electron chi connectivity index (χ3n) is 8.42. The molecule has 0 aliphatic carbocycles. The third kappa shape index (κ3) is 8.76. The van der Waals surface area contributed by atoms with Gasteiger partial charge in [-0.2, -0.15) is 0 Å². The number of halogens is 2. The summed E-state index contributed by atoms with van der Waals surface area (Å²) in [5.74, 6) is 0.934. The average Bonchev–Trinajstić information content (AvgIpc) is 3.27. The number of nitrogens with one attached hydrogen (secondary N) is 1. The molecule has 2 heterocycles. The average molecular weight is 668 g/mol. The summed E-state index contributed by atoms with van der Waals surface area (Å²) < 4.78 is 5.64. The Balaban J connectivity index is 1.21. The maximum Gasteiger partial charge on any atom is 0.256 e. The van der Waals surface area contributed by atoms with E-state index in [1.165, 1.54) is 23.3 Å². The zero-order valence-electron chi connectivity index (χ0n) is 25.6. The Bertz CT molecular complexity index is 1470. The highest BCUT2D eigenvalue weighted by Gasteiger charge is 2.44. The summed E-state index contributed by atoms with van der Waals surface area (Å²) >= 11 is 18.3. The van der Waals surface area contributed by atoms with Crippen LogP contribution in [-0.4, -0.2) is 65.6 Å². The lowest BCUT2D eigenvalue weighted by Crippen LogP contribution is -2.40. The van der Waals surface area contributed by atoms with E-state index in [-0.39, 0.29) is 18.2 Å². The molecule has 0 saturated carbocycles. The second-order valence-corrected chi connectivity index (χ2v) is 12.9. The zero-order chi connectivity index (χ0) is 31.8. The van der Waals surface area contributed by atoms with Crippen LogP contribution in [-0.2, 0) is 16.0 Å². The number of hydrogen-bond donors (Lipinski definition) is 1. The summed E-state index contributed by atoms with van der Waals surface area (Å²) in [6.07, 6.45) is 5.19. The Morgan fingerprint density at radius 1 is 0.978 bits per heavy atom. The summed E-state index contributed by atoms with van der Waals surface area (Å²) in [7, 11) is 0. The molecule has 10 heteroatoms. The Morgan fingerprint density at radius 3 is 2.40 bits per heavy atom. The van der Waals surface area contributed by atoms with Crippen molar-refractivity contribution in [2.45, 2.75) is 51.5 Å². The van der Waals surface area contributed by atoms with Crippen LogP contribution in [0.2, 0.25) is 10.0 Å². The van der Waals surface area contributed by atoms with Crippen LogP contribution in [0.4, 0.5) is 11.4 Å². The molecule has 2 saturated heterocycles. The minimum Gasteiger partial charge on any atom is -0.494 e. The van der Waals surface area contributed by atoms with Crippen molar-refractivity contribution in [3.63, 3.8) is 0 Å². The molecule has 1 N–H and O–H groups in total. The lowest BCUT2D eigenvalue weighted by molar-refractivity contribution is -0.124. The standard InChI is InChI=1S/C35H40Cl2N4O3S/c1-2-21-44-29-12-9-27(10-13-29)38-33(42)24-32-34(43)41(28-11-14-30(36)31(37)23-28)35(45)40(32)18-6-17-39-19-15-26(16-20-39)22-25-7-4-3-5-8-25/h3-5,7-14,23,26,32H,2,6,15-22,24H2,1H3,(H,38,42)/t32-/m0/s1. The summed E-state index contributed by atoms with van der Waals surface area (Å²) in [6.45, 7) is 6.27. The highest BCUT2D eigenvalue weighted by molar-refractivity contribution is 7.80. The Morgan fingerprint density at radius 2 is 1.71 bits per heavy atom. The first kappa shape index (κ1) is 33.2. The first-order chi connectivity index (χ1) is 21.8. The lowest BCUT2D eigenvalue weighted by atomic mass is 9.90. The number of likely N-dealkylation sites (tertiary alicyclic amines) is 1. The number of carbonyl (C=O) groups is 2. The van der Waals surface area contributed by atoms with Gasteiger partial charge in [0.25, 0.3) is 5.91 Å². The van der Waals surface area contributed by atoms with Gasteiger partial charge in [0.2, 0.25) is 5.91 Å². The molecular formula is C35H40Cl2N4O3S. The van der Waals surface area contributed by atoms with Crippen LogP contribution in [0.3, 0.4) is 0 Å². The molecule has 2 fully saturated rings. The van der Waals surface area contributed by atoms with Crippen molar-refractivity contribution in [3.8, 4) is 5.75 Å². The summed E-state index contributed by atoms with van der Waals surface area (Å²) in [5, 5.41) is 4.02. The van der Waals surface area contributed by atoms with E-state index >= 15 is 0 Å². The van der Waals surface area contributed by atoms with Gasteiger partial charge in [-0.1, -0.05) is 60.5 Å². The molecule has 238 valence electrons. The SMILES string of the molecule is CCCOc1ccc(NC(=O)C[C@H]2C(=O)N(c3ccc(Cl)c(Cl)c3)C(=S)N2CCCN2CCC(Cc3ccccc3)CC2)cc1. The molecular weight excluding hydrogens is 627 g/mol. The predicted octanol–water partition coefficient (Wildman–Crippen LogP) is 7.46. The Labute approximate surface area is 281 Å². The number of nitrogens with zero attached hydrogens (tertiary/aromatic N) is 3. The second kappa shape index (κ2) is 15.9. The highest BCUT2D eigenvalue weighted by Crippen LogP contribution is 2.32. The minimum atomic E-state index is -0.726. The van der Waals surface area contributed by atoms with Crippen LogP contribution in [0.15, 0.2) is 72.8 Å². The maximum absolute atomic E-state index is 13.8. The van der Waals surface area contributed by atoms with E-state index in [9.17, 15) is 9.59 Å². The molecule has 2 amide bonds. The fraction of sp³-hybridized carbons (Fsp3) is 0.400. The van der Waals surface area contributed by atoms with Gasteiger partial charge in [0, 0.05) is 12.2 Å². The van der Waals surface area contributed by atoms with Crippen molar-refractivity contribution < 1.29 is 14.3 Å². The van der Waals surface area contributed by atoms with Crippen molar-refractivity contribution in [3.05, 3.63) is 88.4 Å². The number of thiocarbonyl (C=S) groups is 1. The van der Waals surface area contributed by atoms with Gasteiger partial charge in [-0.05, 0) is 118 Å². The van der Waals surface area contributed by atoms with Gasteiger partial charge in [-0.3, -0.25) is 14.5 Å². The number of hydrogen-bond acceptors (Lipinski definition) is 5. The van der Waals surface area contributed by atoms with Crippen molar-refractivity contribution in [1.29, 1.82) is 0 Å². The van der Waals surface area contributed by atoms with E-state index < -0.39 is 6.04 Å². The smallest absolute Gasteiger partial charge is 0.256 e. The number of amides is 2. The highest BCUT2D eigenvalue weighted by atomic mass is 35.5. The summed E-state index contributed by atoms with van der Waals surface area (Å²) in [5.41, 5.74) is 2.58. The fourth-order valence-corrected chi connectivity index (χ4v) is 6.72. The molecule has 3 aromatic rings. The number of anilines is 2. The molecule has 1 atom stereocenters. The van der Waals surface area contributed by atoms with E-state index in [1.807, 2.05) is 24.0 Å². The van der Waals surface area contributed by atoms with Crippen molar-refractivity contribution in [2.75, 3.05) is 43.0 Å². The zero-order valence-corrected chi connectivity index (χ0v) is 27.9. The Kier molecular flexibility index (Phi) is 11.7. The van der Waals surface area contributed by atoms with Crippen molar-refractivity contribution in [2.24, 2.45) is 5.92 Å². The maximum atomic E-state index is 13.8. The molecule has 2 aliphatic rings. The van der Waals surface area contributed by atoms with E-state index in [1.54, 1.807) is 30.3 Å². The van der Waals surface area contributed by atoms with Crippen LogP contribution < -0.4 is 15.0 Å². The Hall–Kier alpha value is -3.17. The van der Waals surface area contributed by atoms with Crippen molar-refractivity contribution in [1.82, 2.24) is 9.80 Å². The van der Waals surface area contributed by atoms with Gasteiger partial charge in [0.1, 0.15) is 11.8 Å². The first-order valence-corrected chi connectivity index (χ1v) is 16.9. The molecule has 3 aromatic carbocycles. The van der Waals surface area contributed by atoms with Gasteiger partial charge >= 0.3 is 0 Å². The van der Waals surface area contributed by atoms with Gasteiger partial charge in [0.05, 0.1) is 28.8 Å². The molecule has 0 unspecified atom stereocenters. The number of benzene rings is 3. The van der Waals surface area contributed by atoms with E-state index in [0.717, 1.165) is 44.6 Å². The molecule has 7 nitrogen and oxygen atoms in total. The molecule has 45 heavy (non-hydrogen) atoms. The first-order valence-electron chi connectivity index (χ1n) is 15.7. The quantitative estimate of drug-likeness (QED) is 0.191. The molecule has 0 spiro atoms. The topological polar surface area (TPSA) is 65.1 Å². The molecule has 0 radical (unpaired) electrons. The molecule has 2 aliphatic heterocycles. The van der Waals surface area contributed by atoms with Crippen molar-refractivity contribution >= 4 is 63.7 Å². The number of carbonyl (C=O) groups excluding carboxylic acids is 2. The summed E-state index contributed by atoms with van der Waals surface area (Å²) in [6, 6.07) is 22.2. The third-order valence-corrected chi connectivity index (χ3v) is 9.57. The largest absolute Gasteiger partial charge is 0.494 e. The fourth-order valence-electron chi connectivity index (χ4n) is 6.02. The van der Waals surface area contributed by atoms with Crippen LogP contribution in [0.25, 0.3) is 0 Å². The van der Waals surface area contributed by atoms with E-state index in [2.05, 4.69) is 40.5 Å². The van der Waals surface area contributed by atoms with Gasteiger partial charge in [-0.15, -0.1) is 0 Å². The molecule has 5 rings (SSSR count). The van der Waals surface area contributed by atoms with Crippen LogP contribution in [0.5, 0.6) is 5.75 Å². The van der Waals surface area contributed by atoms with Crippen LogP contribution in [0.1, 0.15) is 44.6 Å². The number of ether oxygens (including phenoxy) is 1. The van der Waals surface area contributed by atoms with Crippen LogP contribution in [0, 0.1) is 5.92 Å². The molecule has 0 bridgehead atoms. The van der Waals surface area contributed by atoms with E-state index in [4.69, 9.17) is 40.2 Å². The van der Waals surface area contributed by atoms with E-state index in [0.29, 0.717) is 45.6 Å². The summed E-state index contributed by atoms with van der Waals surface area (Å²) in [4.78, 5) is 32.9. The predicted molar refractivity (Wildman–Crippen MR) is 186 cm³/mol. The second-order valence-electron chi connectivity index (χ2n) is 11.7. The lowest BCUT2D eigenvalue weighted by Gasteiger charge is -2.33. The monoisotopic (exact) mass is 666 g/mol. The van der Waals surface area contributed by atoms with Crippen LogP contribution >= 0.6 is 35.4 Å². The molecule has 0 aromatic heterocycles. The minimum absolute atomic E-state index is 0.0320. The number of rotatable bonds is 13. The number of piperidine rings is 1. The van der Waals surface area contributed by atoms with Gasteiger partial charge in [0.15, 0.2) is 5.11 Å². The normalized spacial score (nSPS) is 17.6.